The third-order valence-electron chi connectivity index (χ3n) is 3.72. The van der Waals surface area contributed by atoms with E-state index in [1.165, 1.54) is 4.90 Å². The monoisotopic (exact) mass is 342 g/mol. The van der Waals surface area contributed by atoms with Crippen molar-refractivity contribution in [3.8, 4) is 5.75 Å². The maximum atomic E-state index is 12.2. The summed E-state index contributed by atoms with van der Waals surface area (Å²) < 4.78 is 33.4. The molecule has 0 bridgehead atoms. The number of ether oxygens (including phenoxy) is 2. The van der Waals surface area contributed by atoms with Crippen molar-refractivity contribution in [1.82, 2.24) is 4.90 Å². The molecule has 1 aromatic carbocycles. The Bertz CT molecular complexity index is 647. The van der Waals surface area contributed by atoms with Gasteiger partial charge in [0.1, 0.15) is 12.4 Å². The molecule has 7 nitrogen and oxygen atoms in total. The van der Waals surface area contributed by atoms with Crippen LogP contribution in [0.4, 0.5) is 10.5 Å². The molecule has 2 rings (SSSR count). The second-order valence-corrected chi connectivity index (χ2v) is 7.70. The Kier molecular flexibility index (Phi) is 5.84. The van der Waals surface area contributed by atoms with Gasteiger partial charge in [0.25, 0.3) is 0 Å². The molecule has 1 N–H and O–H groups in total. The van der Waals surface area contributed by atoms with Crippen molar-refractivity contribution < 1.29 is 22.7 Å². The predicted octanol–water partition coefficient (Wildman–Crippen LogP) is 1.36. The minimum absolute atomic E-state index is 0.0249. The molecule has 2 amide bonds. The highest BCUT2D eigenvalue weighted by Crippen LogP contribution is 2.20. The van der Waals surface area contributed by atoms with Crippen LogP contribution < -0.4 is 10.1 Å². The molecule has 0 radical (unpaired) electrons. The standard InChI is InChI=1S/C15H22N2O5S/c1-17(13-6-9-23(19,20)11-13)15(18)16-12-4-3-5-14(10-12)22-8-7-21-2/h3-5,10,13H,6-9,11H2,1-2H3,(H,16,18)/t13-/m1/s1. The first kappa shape index (κ1) is 17.6. The summed E-state index contributed by atoms with van der Waals surface area (Å²) in [5, 5.41) is 2.76. The molecule has 8 heteroatoms. The lowest BCUT2D eigenvalue weighted by atomic mass is 10.2. The number of methoxy groups -OCH3 is 1. The maximum absolute atomic E-state index is 12.2. The maximum Gasteiger partial charge on any atom is 0.321 e. The van der Waals surface area contributed by atoms with Gasteiger partial charge in [0.05, 0.1) is 18.1 Å². The summed E-state index contributed by atoms with van der Waals surface area (Å²) in [5.41, 5.74) is 0.595. The largest absolute Gasteiger partial charge is 0.491 e. The number of nitrogens with zero attached hydrogens (tertiary/aromatic N) is 1. The van der Waals surface area contributed by atoms with Crippen molar-refractivity contribution in [1.29, 1.82) is 0 Å². The highest BCUT2D eigenvalue weighted by molar-refractivity contribution is 7.91. The zero-order chi connectivity index (χ0) is 16.9. The molecular formula is C15H22N2O5S. The number of rotatable bonds is 6. The average molecular weight is 342 g/mol. The number of hydrogen-bond donors (Lipinski definition) is 1. The summed E-state index contributed by atoms with van der Waals surface area (Å²) in [7, 11) is 0.187. The van der Waals surface area contributed by atoms with Crippen molar-refractivity contribution in [3.63, 3.8) is 0 Å². The lowest BCUT2D eigenvalue weighted by Gasteiger charge is -2.23. The van der Waals surface area contributed by atoms with Gasteiger partial charge in [0.2, 0.25) is 0 Å². The SMILES string of the molecule is COCCOc1cccc(NC(=O)N(C)[C@@H]2CCS(=O)(=O)C2)c1. The molecule has 0 spiro atoms. The Morgan fingerprint density at radius 3 is 2.83 bits per heavy atom. The molecule has 1 aromatic rings. The van der Waals surface area contributed by atoms with Gasteiger partial charge in [0, 0.05) is 32.0 Å². The first-order valence-corrected chi connectivity index (χ1v) is 9.19. The molecule has 1 aliphatic heterocycles. The van der Waals surface area contributed by atoms with Crippen LogP contribution in [0, 0.1) is 0 Å². The minimum Gasteiger partial charge on any atom is -0.491 e. The fourth-order valence-corrected chi connectivity index (χ4v) is 4.14. The summed E-state index contributed by atoms with van der Waals surface area (Å²) in [6.45, 7) is 0.906. The van der Waals surface area contributed by atoms with E-state index in [4.69, 9.17) is 9.47 Å². The number of urea groups is 1. The van der Waals surface area contributed by atoms with Crippen LogP contribution in [0.2, 0.25) is 0 Å². The van der Waals surface area contributed by atoms with Crippen LogP contribution in [-0.2, 0) is 14.6 Å². The van der Waals surface area contributed by atoms with Gasteiger partial charge in [-0.3, -0.25) is 0 Å². The van der Waals surface area contributed by atoms with Crippen LogP contribution >= 0.6 is 0 Å². The molecule has 0 unspecified atom stereocenters. The molecule has 1 atom stereocenters. The van der Waals surface area contributed by atoms with Crippen LogP contribution in [0.25, 0.3) is 0 Å². The minimum atomic E-state index is -3.02. The molecule has 0 aromatic heterocycles. The second kappa shape index (κ2) is 7.65. The summed E-state index contributed by atoms with van der Waals surface area (Å²) in [6, 6.07) is 6.42. The highest BCUT2D eigenvalue weighted by atomic mass is 32.2. The van der Waals surface area contributed by atoms with E-state index in [2.05, 4.69) is 5.32 Å². The van der Waals surface area contributed by atoms with Crippen molar-refractivity contribution in [2.24, 2.45) is 0 Å². The first-order valence-electron chi connectivity index (χ1n) is 7.37. The van der Waals surface area contributed by atoms with Crippen molar-refractivity contribution in [2.75, 3.05) is 44.2 Å². The normalized spacial score (nSPS) is 19.3. The fourth-order valence-electron chi connectivity index (χ4n) is 2.36. The van der Waals surface area contributed by atoms with Gasteiger partial charge in [-0.25, -0.2) is 13.2 Å². The van der Waals surface area contributed by atoms with Crippen molar-refractivity contribution in [3.05, 3.63) is 24.3 Å². The number of anilines is 1. The Balaban J connectivity index is 1.93. The van der Waals surface area contributed by atoms with Crippen molar-refractivity contribution >= 4 is 21.6 Å². The molecular weight excluding hydrogens is 320 g/mol. The summed E-state index contributed by atoms with van der Waals surface area (Å²) in [6.07, 6.45) is 0.479. The number of nitrogens with one attached hydrogen (secondary N) is 1. The smallest absolute Gasteiger partial charge is 0.321 e. The molecule has 0 aliphatic carbocycles. The number of sulfone groups is 1. The summed E-state index contributed by atoms with van der Waals surface area (Å²) >= 11 is 0. The van der Waals surface area contributed by atoms with E-state index in [1.807, 2.05) is 0 Å². The van der Waals surface area contributed by atoms with Gasteiger partial charge in [0.15, 0.2) is 9.84 Å². The molecule has 0 saturated carbocycles. The fraction of sp³-hybridized carbons (Fsp3) is 0.533. The molecule has 128 valence electrons. The Hall–Kier alpha value is -1.80. The number of hydrogen-bond acceptors (Lipinski definition) is 5. The van der Waals surface area contributed by atoms with E-state index in [-0.39, 0.29) is 23.6 Å². The van der Waals surface area contributed by atoms with Gasteiger partial charge in [-0.2, -0.15) is 0 Å². The van der Waals surface area contributed by atoms with Gasteiger partial charge in [-0.05, 0) is 18.6 Å². The van der Waals surface area contributed by atoms with Crippen LogP contribution in [0.1, 0.15) is 6.42 Å². The van der Waals surface area contributed by atoms with Gasteiger partial charge in [-0.15, -0.1) is 0 Å². The average Bonchev–Trinajstić information content (AvgIpc) is 2.87. The molecule has 1 saturated heterocycles. The Labute approximate surface area is 136 Å². The number of carbonyl (C=O) groups is 1. The number of benzene rings is 1. The topological polar surface area (TPSA) is 84.9 Å². The van der Waals surface area contributed by atoms with Crippen molar-refractivity contribution in [2.45, 2.75) is 12.5 Å². The molecule has 1 aliphatic rings. The van der Waals surface area contributed by atoms with E-state index in [1.54, 1.807) is 38.4 Å². The molecule has 1 fully saturated rings. The van der Waals surface area contributed by atoms with E-state index in [9.17, 15) is 13.2 Å². The van der Waals surface area contributed by atoms with Crippen LogP contribution in [0.15, 0.2) is 24.3 Å². The van der Waals surface area contributed by atoms with E-state index < -0.39 is 9.84 Å². The quantitative estimate of drug-likeness (QED) is 0.789. The van der Waals surface area contributed by atoms with Gasteiger partial charge >= 0.3 is 6.03 Å². The van der Waals surface area contributed by atoms with Crippen LogP contribution in [0.3, 0.4) is 0 Å². The third kappa shape index (κ3) is 5.11. The third-order valence-corrected chi connectivity index (χ3v) is 5.47. The Morgan fingerprint density at radius 2 is 2.17 bits per heavy atom. The highest BCUT2D eigenvalue weighted by Gasteiger charge is 2.32. The van der Waals surface area contributed by atoms with Gasteiger partial charge < -0.3 is 19.7 Å². The summed E-state index contributed by atoms with van der Waals surface area (Å²) in [4.78, 5) is 13.7. The lowest BCUT2D eigenvalue weighted by molar-refractivity contribution is 0.146. The van der Waals surface area contributed by atoms with Crippen LogP contribution in [-0.4, -0.2) is 64.3 Å². The molecule has 23 heavy (non-hydrogen) atoms. The van der Waals surface area contributed by atoms with Crippen LogP contribution in [0.5, 0.6) is 5.75 Å². The number of carbonyl (C=O) groups excluding carboxylic acids is 1. The zero-order valence-electron chi connectivity index (χ0n) is 13.3. The second-order valence-electron chi connectivity index (χ2n) is 5.47. The van der Waals surface area contributed by atoms with E-state index in [0.717, 1.165) is 0 Å². The summed E-state index contributed by atoms with van der Waals surface area (Å²) in [5.74, 6) is 0.792. The number of amides is 2. The lowest BCUT2D eigenvalue weighted by Crippen LogP contribution is -2.40. The van der Waals surface area contributed by atoms with Gasteiger partial charge in [-0.1, -0.05) is 6.07 Å². The predicted molar refractivity (Wildman–Crippen MR) is 87.7 cm³/mol. The molecule has 1 heterocycles. The Morgan fingerprint density at radius 1 is 1.39 bits per heavy atom. The van der Waals surface area contributed by atoms with E-state index in [0.29, 0.717) is 31.1 Å². The first-order chi connectivity index (χ1) is 10.9. The van der Waals surface area contributed by atoms with E-state index >= 15 is 0 Å². The zero-order valence-corrected chi connectivity index (χ0v) is 14.1.